The number of hydrogen-bond acceptors (Lipinski definition) is 9. The van der Waals surface area contributed by atoms with Crippen molar-refractivity contribution in [1.82, 2.24) is 30.8 Å². The average Bonchev–Trinajstić information content (AvgIpc) is 3.49. The normalized spacial score (nSPS) is 18.1. The lowest BCUT2D eigenvalue weighted by Gasteiger charge is -2.41. The fourth-order valence-corrected chi connectivity index (χ4v) is 7.87. The number of carbonyl (C=O) groups excluding carboxylic acids is 2. The van der Waals surface area contributed by atoms with Crippen LogP contribution in [0.3, 0.4) is 0 Å². The number of rotatable bonds is 14. The summed E-state index contributed by atoms with van der Waals surface area (Å²) in [6, 6.07) is 15.7. The molecule has 2 fully saturated rings. The molecule has 0 saturated carbocycles. The van der Waals surface area contributed by atoms with Crippen LogP contribution in [0.1, 0.15) is 55.9 Å². The van der Waals surface area contributed by atoms with Crippen LogP contribution in [-0.2, 0) is 22.5 Å². The molecule has 0 spiro atoms. The first kappa shape index (κ1) is 44.9. The van der Waals surface area contributed by atoms with Crippen molar-refractivity contribution in [2.24, 2.45) is 5.41 Å². The maximum Gasteiger partial charge on any atom is 0.407 e. The van der Waals surface area contributed by atoms with Crippen molar-refractivity contribution in [3.05, 3.63) is 113 Å². The molecule has 2 aromatic heterocycles. The zero-order valence-electron chi connectivity index (χ0n) is 34.4. The van der Waals surface area contributed by atoms with Gasteiger partial charge in [0.1, 0.15) is 23.5 Å². The Balaban J connectivity index is 1.15. The predicted octanol–water partition coefficient (Wildman–Crippen LogP) is 5.99. The lowest BCUT2D eigenvalue weighted by molar-refractivity contribution is -0.220. The Morgan fingerprint density at radius 3 is 2.16 bits per heavy atom. The molecule has 61 heavy (non-hydrogen) atoms. The number of halogens is 5. The number of nitrogens with zero attached hydrogens (tertiary/aromatic N) is 4. The molecule has 2 unspecified atom stereocenters. The molecule has 2 amide bonds. The van der Waals surface area contributed by atoms with Crippen molar-refractivity contribution in [3.63, 3.8) is 0 Å². The van der Waals surface area contributed by atoms with Crippen molar-refractivity contribution >= 4 is 17.8 Å². The quantitative estimate of drug-likeness (QED) is 0.0894. The lowest BCUT2D eigenvalue weighted by atomic mass is 9.82. The molecule has 2 aromatic carbocycles. The van der Waals surface area contributed by atoms with Crippen molar-refractivity contribution in [2.45, 2.75) is 83.0 Å². The van der Waals surface area contributed by atoms with E-state index in [9.17, 15) is 27.9 Å². The summed E-state index contributed by atoms with van der Waals surface area (Å²) in [5, 5.41) is 18.6. The van der Waals surface area contributed by atoms with Gasteiger partial charge in [-0.25, -0.2) is 18.6 Å². The number of pyridine rings is 2. The summed E-state index contributed by atoms with van der Waals surface area (Å²) in [4.78, 5) is 39.5. The van der Waals surface area contributed by atoms with Crippen molar-refractivity contribution in [3.8, 4) is 23.1 Å². The highest BCUT2D eigenvalue weighted by Gasteiger charge is 2.56. The molecular weight excluding hydrogens is 798 g/mol. The molecule has 324 valence electrons. The highest BCUT2D eigenvalue weighted by molar-refractivity contribution is 5.87. The monoisotopic (exact) mass is 847 g/mol. The summed E-state index contributed by atoms with van der Waals surface area (Å²) in [7, 11) is 0.945. The summed E-state index contributed by atoms with van der Waals surface area (Å²) in [6.07, 6.45) is -2.14. The predicted molar refractivity (Wildman–Crippen MR) is 220 cm³/mol. The van der Waals surface area contributed by atoms with Gasteiger partial charge in [-0.05, 0) is 93.7 Å². The van der Waals surface area contributed by atoms with Gasteiger partial charge in [0.15, 0.2) is 0 Å². The van der Waals surface area contributed by atoms with Crippen molar-refractivity contribution in [2.75, 3.05) is 38.2 Å². The topological polar surface area (TPSA) is 132 Å². The number of fused-ring (bicyclic) bond motifs is 2. The van der Waals surface area contributed by atoms with E-state index in [0.717, 1.165) is 64.1 Å². The molecule has 2 aliphatic heterocycles. The van der Waals surface area contributed by atoms with Crippen LogP contribution in [-0.4, -0.2) is 102 Å². The summed E-state index contributed by atoms with van der Waals surface area (Å²) in [5.74, 6) is 4.19. The Morgan fingerprint density at radius 1 is 0.934 bits per heavy atom. The summed E-state index contributed by atoms with van der Waals surface area (Å²) in [5.41, 5.74) is -0.541. The van der Waals surface area contributed by atoms with Crippen LogP contribution in [0, 0.1) is 28.9 Å². The molecule has 0 aliphatic carbocycles. The molecule has 4 N–H and O–H groups in total. The first-order chi connectivity index (χ1) is 29.1. The smallest absolute Gasteiger partial charge is 0.407 e. The number of carbonyl (C=O) groups is 2. The van der Waals surface area contributed by atoms with Gasteiger partial charge in [0, 0.05) is 72.9 Å². The molecular formula is C45H50F5N7O4. The van der Waals surface area contributed by atoms with E-state index in [1.54, 1.807) is 48.7 Å². The third kappa shape index (κ3) is 10.8. The van der Waals surface area contributed by atoms with Gasteiger partial charge in [-0.2, -0.15) is 13.2 Å². The number of alkyl halides is 3. The van der Waals surface area contributed by atoms with E-state index in [2.05, 4.69) is 53.9 Å². The number of aromatic nitrogens is 2. The van der Waals surface area contributed by atoms with E-state index in [1.165, 1.54) is 19.0 Å². The second-order valence-electron chi connectivity index (χ2n) is 15.9. The number of aliphatic hydroxyl groups is 1. The summed E-state index contributed by atoms with van der Waals surface area (Å²) < 4.78 is 77.3. The Morgan fingerprint density at radius 2 is 1.59 bits per heavy atom. The van der Waals surface area contributed by atoms with Crippen LogP contribution in [0.5, 0.6) is 0 Å². The van der Waals surface area contributed by atoms with Crippen LogP contribution >= 0.6 is 0 Å². The zero-order chi connectivity index (χ0) is 43.9. The minimum Gasteiger partial charge on any atom is -0.453 e. The molecule has 2 bridgehead atoms. The minimum absolute atomic E-state index is 0.0825. The maximum atomic E-state index is 15.1. The van der Waals surface area contributed by atoms with Gasteiger partial charge in [0.05, 0.1) is 30.4 Å². The Labute approximate surface area is 352 Å². The fraction of sp³-hybridized carbons (Fsp3) is 0.422. The molecule has 2 saturated heterocycles. The van der Waals surface area contributed by atoms with E-state index >= 15 is 8.78 Å². The van der Waals surface area contributed by atoms with Gasteiger partial charge in [-0.3, -0.25) is 14.7 Å². The number of anilines is 1. The van der Waals surface area contributed by atoms with Crippen LogP contribution in [0.25, 0.3) is 11.3 Å². The van der Waals surface area contributed by atoms with Crippen molar-refractivity contribution in [1.29, 1.82) is 0 Å². The Kier molecular flexibility index (Phi) is 14.3. The van der Waals surface area contributed by atoms with Gasteiger partial charge in [-0.15, -0.1) is 0 Å². The SMILES string of the molecule is CCN1C2CCC1CN(c1ccc(C#Cc3ccc(C[C@H](NC(=O)[C@@H](NC(=O)OC)C(C)(C)C(F)(F)F)[C@@H](O)CNCc4c(F)cc(-c5ccccn5)cc4F)cc3)cn1)C2. The number of aliphatic hydroxyl groups excluding tert-OH is 1. The third-order valence-corrected chi connectivity index (χ3v) is 11.5. The van der Waals surface area contributed by atoms with Crippen LogP contribution in [0.2, 0.25) is 0 Å². The number of amides is 2. The number of hydrogen-bond donors (Lipinski definition) is 4. The second-order valence-corrected chi connectivity index (χ2v) is 15.9. The first-order valence-corrected chi connectivity index (χ1v) is 20.1. The molecule has 11 nitrogen and oxygen atoms in total. The van der Waals surface area contributed by atoms with E-state index in [-0.39, 0.29) is 30.6 Å². The Hall–Kier alpha value is -5.63. The van der Waals surface area contributed by atoms with E-state index in [1.807, 2.05) is 17.4 Å². The van der Waals surface area contributed by atoms with Crippen molar-refractivity contribution < 1.29 is 41.4 Å². The standard InChI is InChI=1S/C45H50F5N7O4/c1-5-57-32-16-17-33(57)27-56(26-32)40-18-15-30(23-53-40)14-11-28-9-12-29(13-10-28)20-38(54-42(59)41(55-43(60)61-4)44(2,3)45(48,49)50)39(58)25-51-24-34-35(46)21-31(22-36(34)47)37-8-6-7-19-52-37/h6-10,12-13,15,18-19,21-23,32-33,38-39,41,51,58H,5,16-17,20,24-27H2,1-4H3,(H,54,59)(H,55,60)/t32?,33?,38-,39-,41+/m0/s1. The highest BCUT2D eigenvalue weighted by atomic mass is 19.4. The number of benzene rings is 2. The number of piperazine rings is 1. The average molecular weight is 848 g/mol. The van der Waals surface area contributed by atoms with Gasteiger partial charge in [0.2, 0.25) is 5.91 Å². The van der Waals surface area contributed by atoms with Crippen LogP contribution in [0.4, 0.5) is 32.6 Å². The largest absolute Gasteiger partial charge is 0.453 e. The lowest BCUT2D eigenvalue weighted by Crippen LogP contribution is -2.62. The first-order valence-electron chi connectivity index (χ1n) is 20.1. The van der Waals surface area contributed by atoms with Gasteiger partial charge in [-0.1, -0.05) is 37.0 Å². The molecule has 0 radical (unpaired) electrons. The number of methoxy groups -OCH3 is 1. The summed E-state index contributed by atoms with van der Waals surface area (Å²) in [6.45, 7) is 5.97. The third-order valence-electron chi connectivity index (χ3n) is 11.5. The van der Waals surface area contributed by atoms with Gasteiger partial charge >= 0.3 is 12.3 Å². The Bertz CT molecular complexity index is 2160. The molecule has 6 rings (SSSR count). The molecule has 2 aliphatic rings. The second kappa shape index (κ2) is 19.4. The number of alkyl carbamates (subject to hydrolysis) is 1. The van der Waals surface area contributed by atoms with E-state index in [4.69, 9.17) is 0 Å². The zero-order valence-corrected chi connectivity index (χ0v) is 34.4. The van der Waals surface area contributed by atoms with E-state index in [0.29, 0.717) is 28.9 Å². The molecule has 4 aromatic rings. The number of nitrogens with one attached hydrogen (secondary N) is 3. The minimum atomic E-state index is -4.94. The highest BCUT2D eigenvalue weighted by Crippen LogP contribution is 2.40. The van der Waals surface area contributed by atoms with Crippen LogP contribution in [0.15, 0.2) is 79.1 Å². The van der Waals surface area contributed by atoms with Gasteiger partial charge in [0.25, 0.3) is 0 Å². The maximum absolute atomic E-state index is 15.1. The summed E-state index contributed by atoms with van der Waals surface area (Å²) >= 11 is 0. The van der Waals surface area contributed by atoms with Crippen LogP contribution < -0.4 is 20.9 Å². The number of ether oxygens (including phenoxy) is 1. The van der Waals surface area contributed by atoms with Gasteiger partial charge < -0.3 is 30.7 Å². The fourth-order valence-electron chi connectivity index (χ4n) is 7.87. The number of likely N-dealkylation sites (N-methyl/N-ethyl adjacent to an activating group) is 1. The van der Waals surface area contributed by atoms with E-state index < -0.39 is 53.4 Å². The molecule has 4 heterocycles. The molecule has 16 heteroatoms. The molecule has 5 atom stereocenters.